The van der Waals surface area contributed by atoms with Crippen molar-refractivity contribution >= 4 is 9.84 Å². The molecule has 1 saturated heterocycles. The molecule has 22 heavy (non-hydrogen) atoms. The van der Waals surface area contributed by atoms with E-state index in [-0.39, 0.29) is 11.5 Å². The van der Waals surface area contributed by atoms with Crippen LogP contribution in [0.15, 0.2) is 42.7 Å². The Morgan fingerprint density at radius 1 is 1.09 bits per heavy atom. The van der Waals surface area contributed by atoms with E-state index in [9.17, 15) is 8.42 Å². The quantitative estimate of drug-likeness (QED) is 0.872. The van der Waals surface area contributed by atoms with E-state index in [0.29, 0.717) is 13.1 Å². The van der Waals surface area contributed by atoms with Crippen molar-refractivity contribution in [1.29, 1.82) is 0 Å². The van der Waals surface area contributed by atoms with E-state index < -0.39 is 9.84 Å². The van der Waals surface area contributed by atoms with E-state index in [1.807, 2.05) is 18.5 Å². The van der Waals surface area contributed by atoms with Crippen molar-refractivity contribution in [3.05, 3.63) is 53.9 Å². The molecule has 1 aromatic carbocycles. The topological polar surface area (TPSA) is 50.3 Å². The second-order valence-corrected chi connectivity index (χ2v) is 8.12. The SMILES string of the molecule is Cc1cnccc1-c1ccc(CN2CCS(=O)(=O)CC2)cc1. The zero-order valence-electron chi connectivity index (χ0n) is 12.7. The van der Waals surface area contributed by atoms with Gasteiger partial charge in [-0.3, -0.25) is 9.88 Å². The Morgan fingerprint density at radius 2 is 1.77 bits per heavy atom. The van der Waals surface area contributed by atoms with Crippen molar-refractivity contribution < 1.29 is 8.42 Å². The number of nitrogens with zero attached hydrogens (tertiary/aromatic N) is 2. The lowest BCUT2D eigenvalue weighted by molar-refractivity contribution is 0.287. The summed E-state index contributed by atoms with van der Waals surface area (Å²) in [6.45, 7) is 4.14. The normalized spacial score (nSPS) is 18.2. The summed E-state index contributed by atoms with van der Waals surface area (Å²) in [4.78, 5) is 6.32. The van der Waals surface area contributed by atoms with Crippen LogP contribution in [-0.4, -0.2) is 42.9 Å². The van der Waals surface area contributed by atoms with Gasteiger partial charge < -0.3 is 0 Å². The molecule has 1 fully saturated rings. The van der Waals surface area contributed by atoms with Crippen molar-refractivity contribution in [3.8, 4) is 11.1 Å². The summed E-state index contributed by atoms with van der Waals surface area (Å²) < 4.78 is 22.9. The second kappa shape index (κ2) is 6.18. The van der Waals surface area contributed by atoms with Gasteiger partial charge >= 0.3 is 0 Å². The van der Waals surface area contributed by atoms with E-state index in [4.69, 9.17) is 0 Å². The summed E-state index contributed by atoms with van der Waals surface area (Å²) in [6, 6.07) is 10.5. The molecule has 116 valence electrons. The maximum absolute atomic E-state index is 11.5. The van der Waals surface area contributed by atoms with E-state index in [0.717, 1.165) is 12.1 Å². The highest BCUT2D eigenvalue weighted by Gasteiger charge is 2.21. The van der Waals surface area contributed by atoms with Gasteiger partial charge in [0.2, 0.25) is 0 Å². The van der Waals surface area contributed by atoms with Gasteiger partial charge in [0.1, 0.15) is 0 Å². The smallest absolute Gasteiger partial charge is 0.152 e. The molecule has 5 heteroatoms. The molecule has 1 aliphatic rings. The summed E-state index contributed by atoms with van der Waals surface area (Å²) in [5.41, 5.74) is 4.77. The molecule has 0 atom stereocenters. The molecule has 0 aliphatic carbocycles. The Bertz CT molecular complexity index is 740. The molecule has 0 unspecified atom stereocenters. The molecular formula is C17H20N2O2S. The molecular weight excluding hydrogens is 296 g/mol. The molecule has 2 heterocycles. The van der Waals surface area contributed by atoms with Crippen LogP contribution in [0.25, 0.3) is 11.1 Å². The number of aryl methyl sites for hydroxylation is 1. The molecule has 1 aliphatic heterocycles. The third-order valence-electron chi connectivity index (χ3n) is 4.13. The first-order chi connectivity index (χ1) is 10.5. The lowest BCUT2D eigenvalue weighted by Gasteiger charge is -2.26. The van der Waals surface area contributed by atoms with Crippen LogP contribution in [-0.2, 0) is 16.4 Å². The summed E-state index contributed by atoms with van der Waals surface area (Å²) in [5, 5.41) is 0. The highest BCUT2D eigenvalue weighted by molar-refractivity contribution is 7.91. The monoisotopic (exact) mass is 316 g/mol. The Morgan fingerprint density at radius 3 is 2.41 bits per heavy atom. The van der Waals surface area contributed by atoms with Crippen molar-refractivity contribution in [2.24, 2.45) is 0 Å². The summed E-state index contributed by atoms with van der Waals surface area (Å²) in [7, 11) is -2.80. The van der Waals surface area contributed by atoms with Gasteiger partial charge in [-0.05, 0) is 35.2 Å². The number of pyridine rings is 1. The van der Waals surface area contributed by atoms with Crippen LogP contribution in [0.3, 0.4) is 0 Å². The fourth-order valence-electron chi connectivity index (χ4n) is 2.75. The van der Waals surface area contributed by atoms with Gasteiger partial charge in [-0.25, -0.2) is 8.42 Å². The predicted molar refractivity (Wildman–Crippen MR) is 88.3 cm³/mol. The molecule has 0 amide bonds. The fraction of sp³-hybridized carbons (Fsp3) is 0.353. The van der Waals surface area contributed by atoms with Crippen LogP contribution in [0.4, 0.5) is 0 Å². The second-order valence-electron chi connectivity index (χ2n) is 5.82. The van der Waals surface area contributed by atoms with Crippen molar-refractivity contribution in [2.75, 3.05) is 24.6 Å². The highest BCUT2D eigenvalue weighted by atomic mass is 32.2. The van der Waals surface area contributed by atoms with E-state index in [1.54, 1.807) is 0 Å². The number of benzene rings is 1. The lowest BCUT2D eigenvalue weighted by Crippen LogP contribution is -2.39. The average molecular weight is 316 g/mol. The maximum atomic E-state index is 11.5. The largest absolute Gasteiger partial charge is 0.297 e. The first-order valence-electron chi connectivity index (χ1n) is 7.46. The molecule has 3 rings (SSSR count). The van der Waals surface area contributed by atoms with Gasteiger partial charge in [0, 0.05) is 32.0 Å². The first-order valence-corrected chi connectivity index (χ1v) is 9.28. The Hall–Kier alpha value is -1.72. The summed E-state index contributed by atoms with van der Waals surface area (Å²) in [5.74, 6) is 0.558. The predicted octanol–water partition coefficient (Wildman–Crippen LogP) is 2.29. The van der Waals surface area contributed by atoms with Crippen LogP contribution >= 0.6 is 0 Å². The number of rotatable bonds is 3. The van der Waals surface area contributed by atoms with Crippen LogP contribution in [0.1, 0.15) is 11.1 Å². The lowest BCUT2D eigenvalue weighted by atomic mass is 10.0. The maximum Gasteiger partial charge on any atom is 0.152 e. The molecule has 0 spiro atoms. The van der Waals surface area contributed by atoms with Gasteiger partial charge in [0.05, 0.1) is 11.5 Å². The van der Waals surface area contributed by atoms with Gasteiger partial charge in [-0.1, -0.05) is 24.3 Å². The van der Waals surface area contributed by atoms with Gasteiger partial charge in [-0.15, -0.1) is 0 Å². The standard InChI is InChI=1S/C17H20N2O2S/c1-14-12-18-7-6-17(14)16-4-2-15(3-5-16)13-19-8-10-22(20,21)11-9-19/h2-7,12H,8-11,13H2,1H3. The number of hydrogen-bond acceptors (Lipinski definition) is 4. The number of aromatic nitrogens is 1. The summed E-state index contributed by atoms with van der Waals surface area (Å²) >= 11 is 0. The van der Waals surface area contributed by atoms with Gasteiger partial charge in [0.25, 0.3) is 0 Å². The first kappa shape index (κ1) is 15.2. The van der Waals surface area contributed by atoms with Crippen molar-refractivity contribution in [3.63, 3.8) is 0 Å². The minimum atomic E-state index is -2.80. The minimum absolute atomic E-state index is 0.279. The molecule has 0 N–H and O–H groups in total. The van der Waals surface area contributed by atoms with Crippen LogP contribution < -0.4 is 0 Å². The van der Waals surface area contributed by atoms with E-state index in [2.05, 4.69) is 41.1 Å². The van der Waals surface area contributed by atoms with Gasteiger partial charge in [-0.2, -0.15) is 0 Å². The van der Waals surface area contributed by atoms with Crippen LogP contribution in [0.2, 0.25) is 0 Å². The molecule has 4 nitrogen and oxygen atoms in total. The molecule has 1 aromatic heterocycles. The Kier molecular flexibility index (Phi) is 4.27. The molecule has 0 radical (unpaired) electrons. The van der Waals surface area contributed by atoms with Crippen LogP contribution in [0, 0.1) is 6.92 Å². The Balaban J connectivity index is 1.69. The minimum Gasteiger partial charge on any atom is -0.297 e. The molecule has 0 saturated carbocycles. The van der Waals surface area contributed by atoms with Gasteiger partial charge in [0.15, 0.2) is 9.84 Å². The zero-order chi connectivity index (χ0) is 15.6. The molecule has 0 bridgehead atoms. The highest BCUT2D eigenvalue weighted by Crippen LogP contribution is 2.23. The number of hydrogen-bond donors (Lipinski definition) is 0. The third-order valence-corrected chi connectivity index (χ3v) is 5.74. The average Bonchev–Trinajstić information content (AvgIpc) is 2.51. The van der Waals surface area contributed by atoms with E-state index in [1.165, 1.54) is 16.7 Å². The fourth-order valence-corrected chi connectivity index (χ4v) is 4.03. The Labute approximate surface area is 131 Å². The van der Waals surface area contributed by atoms with Crippen molar-refractivity contribution in [2.45, 2.75) is 13.5 Å². The van der Waals surface area contributed by atoms with E-state index >= 15 is 0 Å². The number of sulfone groups is 1. The van der Waals surface area contributed by atoms with Crippen LogP contribution in [0.5, 0.6) is 0 Å². The van der Waals surface area contributed by atoms with Crippen molar-refractivity contribution in [1.82, 2.24) is 9.88 Å². The third kappa shape index (κ3) is 3.54. The zero-order valence-corrected chi connectivity index (χ0v) is 13.5. The molecule has 2 aromatic rings. The summed E-state index contributed by atoms with van der Waals surface area (Å²) in [6.07, 6.45) is 3.68.